The second-order valence-electron chi connectivity index (χ2n) is 5.57. The van der Waals surface area contributed by atoms with Crippen LogP contribution in [0.15, 0.2) is 59.1 Å². The number of hydrogen-bond acceptors (Lipinski definition) is 4. The first kappa shape index (κ1) is 16.2. The maximum absolute atomic E-state index is 12.2. The molecule has 1 fully saturated rings. The van der Waals surface area contributed by atoms with Crippen molar-refractivity contribution in [2.24, 2.45) is 0 Å². The number of benzene rings is 2. The van der Waals surface area contributed by atoms with Gasteiger partial charge in [-0.2, -0.15) is 0 Å². The van der Waals surface area contributed by atoms with Gasteiger partial charge in [0.15, 0.2) is 6.10 Å². The minimum atomic E-state index is -1.28. The van der Waals surface area contributed by atoms with Crippen LogP contribution in [0.5, 0.6) is 0 Å². The van der Waals surface area contributed by atoms with E-state index in [-0.39, 0.29) is 6.04 Å². The highest BCUT2D eigenvalue weighted by Crippen LogP contribution is 2.32. The van der Waals surface area contributed by atoms with Crippen LogP contribution in [0.3, 0.4) is 0 Å². The molecule has 0 aliphatic carbocycles. The van der Waals surface area contributed by atoms with Crippen molar-refractivity contribution in [3.05, 3.63) is 70.2 Å². The summed E-state index contributed by atoms with van der Waals surface area (Å²) in [6.45, 7) is 0.679. The predicted molar refractivity (Wildman–Crippen MR) is 90.3 cm³/mol. The van der Waals surface area contributed by atoms with Gasteiger partial charge < -0.3 is 9.94 Å². The van der Waals surface area contributed by atoms with Crippen LogP contribution in [-0.4, -0.2) is 22.7 Å². The molecule has 23 heavy (non-hydrogen) atoms. The van der Waals surface area contributed by atoms with Crippen molar-refractivity contribution >= 4 is 21.9 Å². The van der Waals surface area contributed by atoms with Gasteiger partial charge >= 0.3 is 5.97 Å². The van der Waals surface area contributed by atoms with E-state index in [1.165, 1.54) is 0 Å². The number of aliphatic hydroxyl groups excluding tert-OH is 1. The second-order valence-corrected chi connectivity index (χ2v) is 6.49. The van der Waals surface area contributed by atoms with Crippen molar-refractivity contribution < 1.29 is 14.7 Å². The highest BCUT2D eigenvalue weighted by atomic mass is 79.9. The number of rotatable bonds is 4. The Morgan fingerprint density at radius 1 is 1.17 bits per heavy atom. The molecule has 120 valence electrons. The van der Waals surface area contributed by atoms with Crippen LogP contribution in [0.4, 0.5) is 0 Å². The smallest absolute Gasteiger partial charge is 0.358 e. The van der Waals surface area contributed by atoms with E-state index in [1.54, 1.807) is 29.3 Å². The van der Waals surface area contributed by atoms with Gasteiger partial charge in [0.2, 0.25) is 0 Å². The average Bonchev–Trinajstić information content (AvgIpc) is 3.04. The Morgan fingerprint density at radius 3 is 2.57 bits per heavy atom. The van der Waals surface area contributed by atoms with E-state index in [9.17, 15) is 9.90 Å². The van der Waals surface area contributed by atoms with Gasteiger partial charge in [-0.15, -0.1) is 5.06 Å². The number of carbonyl (C=O) groups is 1. The monoisotopic (exact) mass is 375 g/mol. The highest BCUT2D eigenvalue weighted by molar-refractivity contribution is 9.10. The molecular formula is C18H18BrNO3. The summed E-state index contributed by atoms with van der Waals surface area (Å²) < 4.78 is 0.894. The molecule has 2 aromatic rings. The van der Waals surface area contributed by atoms with Crippen LogP contribution in [0.1, 0.15) is 36.1 Å². The number of aliphatic hydroxyl groups is 1. The normalized spacial score (nSPS) is 19.5. The Labute approximate surface area is 143 Å². The third kappa shape index (κ3) is 3.80. The molecule has 2 atom stereocenters. The first-order valence-corrected chi connectivity index (χ1v) is 8.41. The van der Waals surface area contributed by atoms with E-state index in [0.29, 0.717) is 12.1 Å². The zero-order chi connectivity index (χ0) is 16.2. The molecule has 1 N–H and O–H groups in total. The van der Waals surface area contributed by atoms with Gasteiger partial charge in [0.25, 0.3) is 0 Å². The lowest BCUT2D eigenvalue weighted by atomic mass is 10.1. The lowest BCUT2D eigenvalue weighted by molar-refractivity contribution is -0.205. The third-order valence-corrected chi connectivity index (χ3v) is 4.53. The number of carbonyl (C=O) groups excluding carboxylic acids is 1. The van der Waals surface area contributed by atoms with Gasteiger partial charge in [0.1, 0.15) is 0 Å². The summed E-state index contributed by atoms with van der Waals surface area (Å²) in [5.74, 6) is -0.643. The Kier molecular flexibility index (Phi) is 5.10. The maximum atomic E-state index is 12.2. The standard InChI is InChI=1S/C18H18BrNO3/c19-15-10-8-14(9-11-15)17(21)18(22)23-20-12-4-7-16(20)13-5-2-1-3-6-13/h1-3,5-6,8-11,16-17,21H,4,7,12H2. The Balaban J connectivity index is 1.68. The summed E-state index contributed by atoms with van der Waals surface area (Å²) >= 11 is 3.33. The molecule has 0 aromatic heterocycles. The van der Waals surface area contributed by atoms with Crippen molar-refractivity contribution in [1.82, 2.24) is 5.06 Å². The molecule has 1 aliphatic rings. The first-order valence-electron chi connectivity index (χ1n) is 7.62. The van der Waals surface area contributed by atoms with Crippen molar-refractivity contribution in [2.45, 2.75) is 25.0 Å². The van der Waals surface area contributed by atoms with E-state index in [1.807, 2.05) is 30.3 Å². The lowest BCUT2D eigenvalue weighted by Gasteiger charge is -2.24. The summed E-state index contributed by atoms with van der Waals surface area (Å²) in [7, 11) is 0. The molecule has 1 aliphatic heterocycles. The van der Waals surface area contributed by atoms with Crippen LogP contribution in [0.25, 0.3) is 0 Å². The third-order valence-electron chi connectivity index (χ3n) is 4.00. The summed E-state index contributed by atoms with van der Waals surface area (Å²) in [5.41, 5.74) is 1.64. The summed E-state index contributed by atoms with van der Waals surface area (Å²) in [6.07, 6.45) is 0.618. The second kappa shape index (κ2) is 7.25. The Morgan fingerprint density at radius 2 is 1.87 bits per heavy atom. The average molecular weight is 376 g/mol. The molecule has 0 spiro atoms. The number of halogens is 1. The molecule has 1 heterocycles. The van der Waals surface area contributed by atoms with E-state index in [4.69, 9.17) is 4.84 Å². The fraction of sp³-hybridized carbons (Fsp3) is 0.278. The molecule has 1 saturated heterocycles. The number of nitrogens with zero attached hydrogens (tertiary/aromatic N) is 1. The van der Waals surface area contributed by atoms with Gasteiger partial charge in [0, 0.05) is 11.0 Å². The molecule has 4 nitrogen and oxygen atoms in total. The fourth-order valence-electron chi connectivity index (χ4n) is 2.80. The van der Waals surface area contributed by atoms with Crippen molar-refractivity contribution in [2.75, 3.05) is 6.54 Å². The molecule has 3 rings (SSSR count). The van der Waals surface area contributed by atoms with Gasteiger partial charge in [-0.25, -0.2) is 4.79 Å². The van der Waals surface area contributed by atoms with Crippen molar-refractivity contribution in [3.63, 3.8) is 0 Å². The van der Waals surface area contributed by atoms with E-state index in [0.717, 1.165) is 22.9 Å². The molecular weight excluding hydrogens is 358 g/mol. The highest BCUT2D eigenvalue weighted by Gasteiger charge is 2.31. The summed E-state index contributed by atoms with van der Waals surface area (Å²) in [6, 6.07) is 17.0. The minimum absolute atomic E-state index is 0.0530. The van der Waals surface area contributed by atoms with Gasteiger partial charge in [-0.05, 0) is 36.1 Å². The molecule has 2 aromatic carbocycles. The zero-order valence-electron chi connectivity index (χ0n) is 12.6. The van der Waals surface area contributed by atoms with E-state index < -0.39 is 12.1 Å². The maximum Gasteiger partial charge on any atom is 0.358 e. The molecule has 0 bridgehead atoms. The van der Waals surface area contributed by atoms with Crippen LogP contribution >= 0.6 is 15.9 Å². The van der Waals surface area contributed by atoms with Crippen LogP contribution in [-0.2, 0) is 9.63 Å². The van der Waals surface area contributed by atoms with Gasteiger partial charge in [-0.1, -0.05) is 58.4 Å². The molecule has 0 radical (unpaired) electrons. The number of hydroxylamine groups is 2. The number of hydrogen-bond donors (Lipinski definition) is 1. The fourth-order valence-corrected chi connectivity index (χ4v) is 3.07. The van der Waals surface area contributed by atoms with Crippen molar-refractivity contribution in [3.8, 4) is 0 Å². The van der Waals surface area contributed by atoms with Crippen LogP contribution < -0.4 is 0 Å². The molecule has 0 amide bonds. The summed E-state index contributed by atoms with van der Waals surface area (Å²) in [5, 5.41) is 11.9. The predicted octanol–water partition coefficient (Wildman–Crippen LogP) is 3.78. The summed E-state index contributed by atoms with van der Waals surface area (Å²) in [4.78, 5) is 17.7. The molecule has 2 unspecified atom stereocenters. The SMILES string of the molecule is O=C(ON1CCCC1c1ccccc1)C(O)c1ccc(Br)cc1. The first-order chi connectivity index (χ1) is 11.1. The lowest BCUT2D eigenvalue weighted by Crippen LogP contribution is -2.30. The Hall–Kier alpha value is -1.69. The largest absolute Gasteiger partial charge is 0.377 e. The van der Waals surface area contributed by atoms with Gasteiger partial charge in [0.05, 0.1) is 6.04 Å². The zero-order valence-corrected chi connectivity index (χ0v) is 14.1. The molecule has 5 heteroatoms. The minimum Gasteiger partial charge on any atom is -0.377 e. The van der Waals surface area contributed by atoms with Crippen LogP contribution in [0, 0.1) is 0 Å². The van der Waals surface area contributed by atoms with E-state index in [2.05, 4.69) is 15.9 Å². The van der Waals surface area contributed by atoms with Gasteiger partial charge in [-0.3, -0.25) is 0 Å². The van der Waals surface area contributed by atoms with Crippen molar-refractivity contribution in [1.29, 1.82) is 0 Å². The van der Waals surface area contributed by atoms with E-state index >= 15 is 0 Å². The quantitative estimate of drug-likeness (QED) is 0.883. The molecule has 0 saturated carbocycles. The topological polar surface area (TPSA) is 49.8 Å². The van der Waals surface area contributed by atoms with Crippen LogP contribution in [0.2, 0.25) is 0 Å². The Bertz CT molecular complexity index is 660.